The maximum Gasteiger partial charge on any atom is 0.503 e. The molecule has 0 spiro atoms. The minimum absolute atomic E-state index is 0.193. The maximum absolute atomic E-state index is 14.9. The molecule has 6 amide bonds. The van der Waals surface area contributed by atoms with Gasteiger partial charge in [-0.3, -0.25) is 14.4 Å². The zero-order chi connectivity index (χ0) is 36.8. The van der Waals surface area contributed by atoms with E-state index in [1.165, 1.54) is 18.8 Å². The summed E-state index contributed by atoms with van der Waals surface area (Å²) in [7, 11) is -14.0. The molecule has 0 saturated carbocycles. The van der Waals surface area contributed by atoms with E-state index in [-0.39, 0.29) is 36.9 Å². The Hall–Kier alpha value is -2.74. The zero-order valence-electron chi connectivity index (χ0n) is 26.2. The molecule has 26 heteroatoms. The average molecular weight is 762 g/mol. The summed E-state index contributed by atoms with van der Waals surface area (Å²) in [5.41, 5.74) is 32.8. The number of rotatable bonds is 24. The maximum atomic E-state index is 14.9. The number of hydrogen-bond donors (Lipinski definition) is 12. The smallest absolute Gasteiger partial charge is 0.480 e. The molecule has 0 radical (unpaired) electrons. The summed E-state index contributed by atoms with van der Waals surface area (Å²) in [6.45, 7) is -0.623. The Balaban J connectivity index is 7.19. The fraction of sp³-hybridized carbons (Fsp3) is 0.714. The summed E-state index contributed by atoms with van der Waals surface area (Å²) >= 11 is 0. The van der Waals surface area contributed by atoms with Gasteiger partial charge < -0.3 is 65.7 Å². The number of amides is 6. The molecule has 47 heavy (non-hydrogen) atoms. The van der Waals surface area contributed by atoms with Crippen LogP contribution in [0.3, 0.4) is 0 Å². The van der Waals surface area contributed by atoms with E-state index in [1.807, 2.05) is 0 Å². The molecule has 0 saturated heterocycles. The number of carbonyl (C=O) groups is 6. The second kappa shape index (κ2) is 19.3. The lowest BCUT2D eigenvalue weighted by Gasteiger charge is -2.46. The van der Waals surface area contributed by atoms with Gasteiger partial charge in [0.2, 0.25) is 0 Å². The van der Waals surface area contributed by atoms with Gasteiger partial charge in [-0.2, -0.15) is 0 Å². The minimum Gasteiger partial charge on any atom is -0.480 e. The number of carbonyl (C=O) groups excluding carboxylic acids is 3. The standard InChI is InChI=1S/C21H48N9O13PS3/c1-45(7-4-28-19(25)37,10-13(22)16(31)32)41-44(40,42-46(2,8-5-29-20(26)38)11-14(23)17(33)34)43-47(3,9-6-30-21(27)39)12-15(24)18(35)36/h13-15H,4-12,22-24H2,1-3H3,(H,31,32)(H,33,34)(H,35,36)(H3,25,28,37)(H3,26,29,38)(H3,27,30,39). The van der Waals surface area contributed by atoms with Crippen molar-refractivity contribution in [3.63, 3.8) is 0 Å². The van der Waals surface area contributed by atoms with Crippen LogP contribution in [0.15, 0.2) is 0 Å². The summed E-state index contributed by atoms with van der Waals surface area (Å²) in [4.78, 5) is 69.1. The molecule has 0 rings (SSSR count). The molecule has 0 aliphatic rings. The highest BCUT2D eigenvalue weighted by Crippen LogP contribution is 2.75. The van der Waals surface area contributed by atoms with E-state index < -0.39 is 110 Å². The second-order valence-electron chi connectivity index (χ2n) is 10.5. The molecule has 6 unspecified atom stereocenters. The molecule has 278 valence electrons. The fourth-order valence-electron chi connectivity index (χ4n) is 3.68. The lowest BCUT2D eigenvalue weighted by molar-refractivity contribution is -0.138. The number of nitrogens with two attached hydrogens (primary N) is 6. The quantitative estimate of drug-likeness (QED) is 0.0450. The van der Waals surface area contributed by atoms with Crippen LogP contribution in [0.1, 0.15) is 0 Å². The molecule has 0 bridgehead atoms. The van der Waals surface area contributed by atoms with Crippen LogP contribution in [0, 0.1) is 0 Å². The average Bonchev–Trinajstić information content (AvgIpc) is 2.86. The van der Waals surface area contributed by atoms with Gasteiger partial charge in [-0.1, -0.05) is 0 Å². The molecule has 0 aromatic rings. The lowest BCUT2D eigenvalue weighted by Crippen LogP contribution is -2.40. The van der Waals surface area contributed by atoms with Crippen LogP contribution < -0.4 is 50.4 Å². The van der Waals surface area contributed by atoms with Crippen LogP contribution in [0.5, 0.6) is 0 Å². The first-order valence-electron chi connectivity index (χ1n) is 13.4. The predicted molar refractivity (Wildman–Crippen MR) is 180 cm³/mol. The van der Waals surface area contributed by atoms with Gasteiger partial charge in [0, 0.05) is 54.2 Å². The third-order valence-electron chi connectivity index (χ3n) is 5.86. The molecule has 0 aromatic carbocycles. The molecule has 0 aliphatic heterocycles. The molecule has 6 atom stereocenters. The summed E-state index contributed by atoms with van der Waals surface area (Å²) < 4.78 is 33.1. The van der Waals surface area contributed by atoms with Crippen LogP contribution in [0.4, 0.5) is 14.4 Å². The van der Waals surface area contributed by atoms with Gasteiger partial charge >= 0.3 is 43.8 Å². The summed E-state index contributed by atoms with van der Waals surface area (Å²) in [6, 6.07) is -7.53. The molecule has 0 aromatic heterocycles. The van der Waals surface area contributed by atoms with E-state index in [9.17, 15) is 48.7 Å². The normalized spacial score (nSPS) is 20.5. The van der Waals surface area contributed by atoms with Crippen molar-refractivity contribution in [3.05, 3.63) is 0 Å². The van der Waals surface area contributed by atoms with Gasteiger partial charge in [-0.15, -0.1) is 30.9 Å². The zero-order valence-corrected chi connectivity index (χ0v) is 29.5. The fourth-order valence-corrected chi connectivity index (χ4v) is 16.4. The van der Waals surface area contributed by atoms with E-state index >= 15 is 0 Å². The van der Waals surface area contributed by atoms with Gasteiger partial charge in [0.1, 0.15) is 18.1 Å². The molecule has 18 N–H and O–H groups in total. The topological polar surface area (TPSA) is 400 Å². The van der Waals surface area contributed by atoms with Gasteiger partial charge in [-0.05, 0) is 18.8 Å². The molecule has 0 heterocycles. The van der Waals surface area contributed by atoms with Crippen molar-refractivity contribution in [3.8, 4) is 0 Å². The molecular weight excluding hydrogens is 713 g/mol. The van der Waals surface area contributed by atoms with E-state index in [2.05, 4.69) is 16.0 Å². The van der Waals surface area contributed by atoms with Gasteiger partial charge in [0.05, 0.1) is 0 Å². The highest BCUT2D eigenvalue weighted by atomic mass is 32.3. The number of primary amides is 3. The number of aliphatic carboxylic acids is 3. The Kier molecular flexibility index (Phi) is 18.2. The van der Waals surface area contributed by atoms with Crippen LogP contribution in [0.2, 0.25) is 0 Å². The Bertz CT molecular complexity index is 1060. The van der Waals surface area contributed by atoms with Crippen molar-refractivity contribution in [1.82, 2.24) is 16.0 Å². The monoisotopic (exact) mass is 761 g/mol. The minimum atomic E-state index is -5.10. The van der Waals surface area contributed by atoms with Crippen LogP contribution in [-0.2, 0) is 30.9 Å². The van der Waals surface area contributed by atoms with Crippen molar-refractivity contribution >= 4 is 74.8 Å². The van der Waals surface area contributed by atoms with Gasteiger partial charge in [-0.25, -0.2) is 30.9 Å². The number of carboxylic acid groups (broad SMARTS) is 3. The highest BCUT2D eigenvalue weighted by Gasteiger charge is 2.46. The number of nitrogens with one attached hydrogen (secondary N) is 3. The van der Waals surface area contributed by atoms with E-state index in [0.29, 0.717) is 0 Å². The molecule has 22 nitrogen and oxygen atoms in total. The third-order valence-corrected chi connectivity index (χ3v) is 18.8. The predicted octanol–water partition coefficient (Wildman–Crippen LogP) is -2.57. The van der Waals surface area contributed by atoms with Crippen molar-refractivity contribution in [2.24, 2.45) is 34.4 Å². The Labute approximate surface area is 276 Å². The number of urea groups is 3. The van der Waals surface area contributed by atoms with Crippen LogP contribution in [0.25, 0.3) is 0 Å². The first-order chi connectivity index (χ1) is 21.4. The van der Waals surface area contributed by atoms with Crippen molar-refractivity contribution in [1.29, 1.82) is 0 Å². The summed E-state index contributed by atoms with van der Waals surface area (Å²) in [5.74, 6) is -6.33. The Morgan fingerprint density at radius 1 is 0.574 bits per heavy atom. The largest absolute Gasteiger partial charge is 0.503 e. The lowest BCUT2D eigenvalue weighted by atomic mass is 10.4. The van der Waals surface area contributed by atoms with Crippen LogP contribution >= 0.6 is 38.7 Å². The van der Waals surface area contributed by atoms with Crippen molar-refractivity contribution in [2.75, 3.05) is 72.9 Å². The highest BCUT2D eigenvalue weighted by molar-refractivity contribution is 8.35. The van der Waals surface area contributed by atoms with Crippen LogP contribution in [-0.4, -0.2) is 142 Å². The molecular formula is C21H48N9O13PS3. The number of phosphoric acid groups is 1. The first-order valence-corrected chi connectivity index (χ1v) is 21.7. The van der Waals surface area contributed by atoms with E-state index in [1.54, 1.807) is 0 Å². The number of carboxylic acids is 3. The second-order valence-corrected chi connectivity index (χ2v) is 22.6. The van der Waals surface area contributed by atoms with E-state index in [4.69, 9.17) is 46.3 Å². The van der Waals surface area contributed by atoms with Gasteiger partial charge in [0.25, 0.3) is 0 Å². The Morgan fingerprint density at radius 3 is 0.957 bits per heavy atom. The third kappa shape index (κ3) is 18.4. The summed E-state index contributed by atoms with van der Waals surface area (Å²) in [6.07, 6.45) is 4.10. The number of hydrogen-bond acceptors (Lipinski definition) is 13. The molecule has 0 fully saturated rings. The molecule has 0 aliphatic carbocycles. The van der Waals surface area contributed by atoms with Gasteiger partial charge in [0.15, 0.2) is 0 Å². The summed E-state index contributed by atoms with van der Waals surface area (Å²) in [5, 5.41) is 35.4. The SMILES string of the molecule is CS(CCNC(N)=O)(CC(N)C(=O)O)OP(=O)(OS(C)(CCNC(N)=O)CC(N)C(=O)O)OS(C)(CCNC(N)=O)CC(N)C(=O)O. The van der Waals surface area contributed by atoms with Crippen molar-refractivity contribution in [2.45, 2.75) is 18.1 Å². The Morgan fingerprint density at radius 2 is 0.787 bits per heavy atom. The van der Waals surface area contributed by atoms with E-state index in [0.717, 1.165) is 0 Å². The first kappa shape index (κ1) is 44.3. The van der Waals surface area contributed by atoms with Crippen molar-refractivity contribution < 1.29 is 60.6 Å².